The van der Waals surface area contributed by atoms with Crippen LogP contribution in [0.5, 0.6) is 0 Å². The number of carbonyl (C=O) groups is 2. The summed E-state index contributed by atoms with van der Waals surface area (Å²) < 4.78 is 5.28. The van der Waals surface area contributed by atoms with E-state index >= 15 is 0 Å². The van der Waals surface area contributed by atoms with E-state index in [1.807, 2.05) is 49.4 Å². The smallest absolute Gasteiger partial charge is 0.408 e. The molecule has 5 nitrogen and oxygen atoms in total. The molecule has 2 rings (SSSR count). The molecule has 0 aliphatic rings. The van der Waals surface area contributed by atoms with E-state index in [1.54, 1.807) is 32.9 Å². The first-order valence-corrected chi connectivity index (χ1v) is 8.16. The maximum atomic E-state index is 12.7. The number of rotatable bonds is 4. The average Bonchev–Trinajstić information content (AvgIpc) is 2.54. The van der Waals surface area contributed by atoms with E-state index in [-0.39, 0.29) is 5.91 Å². The van der Waals surface area contributed by atoms with Gasteiger partial charge in [0.25, 0.3) is 5.91 Å². The molecule has 5 heteroatoms. The summed E-state index contributed by atoms with van der Waals surface area (Å²) in [6.07, 6.45) is -0.639. The Morgan fingerprint density at radius 3 is 2.12 bits per heavy atom. The van der Waals surface area contributed by atoms with Gasteiger partial charge in [-0.15, -0.1) is 0 Å². The second kappa shape index (κ2) is 7.83. The maximum Gasteiger partial charge on any atom is 0.408 e. The van der Waals surface area contributed by atoms with Crippen LogP contribution in [-0.4, -0.2) is 17.6 Å². The molecule has 2 aromatic rings. The van der Waals surface area contributed by atoms with E-state index in [2.05, 4.69) is 10.6 Å². The summed E-state index contributed by atoms with van der Waals surface area (Å²) in [6, 6.07) is 15.7. The molecule has 2 amide bonds. The number of anilines is 1. The molecule has 0 unspecified atom stereocenters. The molecule has 0 aliphatic carbocycles. The van der Waals surface area contributed by atoms with Crippen LogP contribution in [0.3, 0.4) is 0 Å². The summed E-state index contributed by atoms with van der Waals surface area (Å²) >= 11 is 0. The van der Waals surface area contributed by atoms with Crippen LogP contribution in [0.1, 0.15) is 37.9 Å². The average molecular weight is 340 g/mol. The largest absolute Gasteiger partial charge is 0.444 e. The number of hydrogen-bond donors (Lipinski definition) is 2. The van der Waals surface area contributed by atoms with Gasteiger partial charge in [-0.1, -0.05) is 48.0 Å². The van der Waals surface area contributed by atoms with Gasteiger partial charge in [-0.05, 0) is 45.4 Å². The van der Waals surface area contributed by atoms with E-state index in [0.717, 1.165) is 5.56 Å². The molecule has 132 valence electrons. The summed E-state index contributed by atoms with van der Waals surface area (Å²) in [4.78, 5) is 24.8. The Balaban J connectivity index is 2.17. The molecule has 2 aromatic carbocycles. The van der Waals surface area contributed by atoms with Gasteiger partial charge in [-0.2, -0.15) is 0 Å². The molecule has 25 heavy (non-hydrogen) atoms. The summed E-state index contributed by atoms with van der Waals surface area (Å²) in [5, 5.41) is 5.47. The fourth-order valence-corrected chi connectivity index (χ4v) is 2.22. The van der Waals surface area contributed by atoms with Crippen molar-refractivity contribution < 1.29 is 14.3 Å². The van der Waals surface area contributed by atoms with Crippen molar-refractivity contribution in [2.45, 2.75) is 39.3 Å². The third-order valence-corrected chi connectivity index (χ3v) is 3.38. The highest BCUT2D eigenvalue weighted by molar-refractivity contribution is 5.97. The predicted octanol–water partition coefficient (Wildman–Crippen LogP) is 4.20. The van der Waals surface area contributed by atoms with Crippen LogP contribution in [-0.2, 0) is 9.53 Å². The molecule has 0 heterocycles. The van der Waals surface area contributed by atoms with Crippen molar-refractivity contribution in [1.82, 2.24) is 5.32 Å². The minimum atomic E-state index is -0.850. The minimum absolute atomic E-state index is 0.332. The number of aryl methyl sites for hydroxylation is 1. The molecule has 0 aliphatic heterocycles. The van der Waals surface area contributed by atoms with Crippen LogP contribution in [0.4, 0.5) is 10.5 Å². The molecule has 0 bridgehead atoms. The molecule has 2 N–H and O–H groups in total. The number of carbonyl (C=O) groups excluding carboxylic acids is 2. The summed E-state index contributed by atoms with van der Waals surface area (Å²) in [5.41, 5.74) is 1.81. The Morgan fingerprint density at radius 2 is 1.56 bits per heavy atom. The molecule has 0 spiro atoms. The third kappa shape index (κ3) is 5.95. The lowest BCUT2D eigenvalue weighted by Gasteiger charge is -2.23. The molecule has 0 saturated carbocycles. The van der Waals surface area contributed by atoms with E-state index in [1.165, 1.54) is 0 Å². The van der Waals surface area contributed by atoms with Gasteiger partial charge in [0.2, 0.25) is 0 Å². The monoisotopic (exact) mass is 340 g/mol. The van der Waals surface area contributed by atoms with Crippen molar-refractivity contribution in [2.75, 3.05) is 5.32 Å². The number of benzene rings is 2. The van der Waals surface area contributed by atoms with Crippen LogP contribution >= 0.6 is 0 Å². The van der Waals surface area contributed by atoms with Crippen molar-refractivity contribution in [3.05, 3.63) is 65.7 Å². The highest BCUT2D eigenvalue weighted by Gasteiger charge is 2.25. The van der Waals surface area contributed by atoms with Crippen LogP contribution in [0.15, 0.2) is 54.6 Å². The molecule has 0 aromatic heterocycles. The molecule has 0 fully saturated rings. The normalized spacial score (nSPS) is 12.2. The zero-order valence-corrected chi connectivity index (χ0v) is 15.0. The summed E-state index contributed by atoms with van der Waals surface area (Å²) in [5.74, 6) is -0.332. The fraction of sp³-hybridized carbons (Fsp3) is 0.300. The molecular formula is C20H24N2O3. The van der Waals surface area contributed by atoms with Crippen molar-refractivity contribution in [3.63, 3.8) is 0 Å². The van der Waals surface area contributed by atoms with E-state index in [0.29, 0.717) is 11.3 Å². The van der Waals surface area contributed by atoms with E-state index < -0.39 is 17.7 Å². The second-order valence-electron chi connectivity index (χ2n) is 6.85. The summed E-state index contributed by atoms with van der Waals surface area (Å²) in [6.45, 7) is 7.30. The third-order valence-electron chi connectivity index (χ3n) is 3.38. The van der Waals surface area contributed by atoms with Crippen LogP contribution in [0.2, 0.25) is 0 Å². The summed E-state index contributed by atoms with van der Waals surface area (Å²) in [7, 11) is 0. The van der Waals surface area contributed by atoms with Crippen LogP contribution in [0.25, 0.3) is 0 Å². The Labute approximate surface area is 148 Å². The lowest BCUT2D eigenvalue weighted by molar-refractivity contribution is -0.118. The van der Waals surface area contributed by atoms with Crippen LogP contribution < -0.4 is 10.6 Å². The van der Waals surface area contributed by atoms with Gasteiger partial charge in [0.1, 0.15) is 11.6 Å². The predicted molar refractivity (Wildman–Crippen MR) is 98.4 cm³/mol. The van der Waals surface area contributed by atoms with Gasteiger partial charge in [0, 0.05) is 5.69 Å². The van der Waals surface area contributed by atoms with Gasteiger partial charge in [0.05, 0.1) is 0 Å². The number of nitrogens with one attached hydrogen (secondary N) is 2. The number of alkyl carbamates (subject to hydrolysis) is 1. The van der Waals surface area contributed by atoms with Gasteiger partial charge in [-0.3, -0.25) is 4.79 Å². The zero-order chi connectivity index (χ0) is 18.4. The Hall–Kier alpha value is -2.82. The molecule has 0 saturated heterocycles. The Morgan fingerprint density at radius 1 is 0.960 bits per heavy atom. The van der Waals surface area contributed by atoms with Crippen molar-refractivity contribution in [2.24, 2.45) is 0 Å². The number of hydrogen-bond acceptors (Lipinski definition) is 3. The standard InChI is InChI=1S/C20H24N2O3/c1-14-10-12-16(13-11-14)21-18(23)17(15-8-6-5-7-9-15)22-19(24)25-20(2,3)4/h5-13,17H,1-4H3,(H,21,23)(H,22,24)/t17-/m0/s1. The number of amides is 2. The van der Waals surface area contributed by atoms with E-state index in [4.69, 9.17) is 4.74 Å². The topological polar surface area (TPSA) is 67.4 Å². The zero-order valence-electron chi connectivity index (χ0n) is 15.0. The van der Waals surface area contributed by atoms with Gasteiger partial charge in [0.15, 0.2) is 0 Å². The van der Waals surface area contributed by atoms with Gasteiger partial charge in [-0.25, -0.2) is 4.79 Å². The van der Waals surface area contributed by atoms with Crippen molar-refractivity contribution in [1.29, 1.82) is 0 Å². The SMILES string of the molecule is Cc1ccc(NC(=O)[C@@H](NC(=O)OC(C)(C)C)c2ccccc2)cc1. The first-order chi connectivity index (χ1) is 11.7. The maximum absolute atomic E-state index is 12.7. The van der Waals surface area contributed by atoms with E-state index in [9.17, 15) is 9.59 Å². The molecule has 1 atom stereocenters. The number of ether oxygens (including phenoxy) is 1. The van der Waals surface area contributed by atoms with Gasteiger partial charge < -0.3 is 15.4 Å². The highest BCUT2D eigenvalue weighted by Crippen LogP contribution is 2.18. The van der Waals surface area contributed by atoms with Crippen molar-refractivity contribution >= 4 is 17.7 Å². The lowest BCUT2D eigenvalue weighted by Crippen LogP contribution is -2.40. The van der Waals surface area contributed by atoms with Gasteiger partial charge >= 0.3 is 6.09 Å². The first kappa shape index (κ1) is 18.5. The first-order valence-electron chi connectivity index (χ1n) is 8.16. The minimum Gasteiger partial charge on any atom is -0.444 e. The lowest BCUT2D eigenvalue weighted by atomic mass is 10.1. The Kier molecular flexibility index (Phi) is 5.80. The second-order valence-corrected chi connectivity index (χ2v) is 6.85. The molecule has 0 radical (unpaired) electrons. The molecular weight excluding hydrogens is 316 g/mol. The fourth-order valence-electron chi connectivity index (χ4n) is 2.22. The van der Waals surface area contributed by atoms with Crippen molar-refractivity contribution in [3.8, 4) is 0 Å². The highest BCUT2D eigenvalue weighted by atomic mass is 16.6. The Bertz CT molecular complexity index is 719. The van der Waals surface area contributed by atoms with Crippen LogP contribution in [0, 0.1) is 6.92 Å². The quantitative estimate of drug-likeness (QED) is 0.876.